The first-order chi connectivity index (χ1) is 9.29. The van der Waals surface area contributed by atoms with Crippen LogP contribution in [0.3, 0.4) is 0 Å². The fraction of sp³-hybridized carbons (Fsp3) is 0.706. The highest BCUT2D eigenvalue weighted by atomic mass is 14.9. The van der Waals surface area contributed by atoms with Crippen LogP contribution in [0.15, 0.2) is 18.3 Å². The van der Waals surface area contributed by atoms with Gasteiger partial charge >= 0.3 is 0 Å². The molecule has 0 fully saturated rings. The standard InChI is InChI=1S/C17H30N2/c1-4-6-7-8-9-12-17(19-13-5-2)16-11-10-14-18-15(16)3/h10-11,14,17,19H,4-9,12-13H2,1-3H3. The number of hydrogen-bond acceptors (Lipinski definition) is 2. The summed E-state index contributed by atoms with van der Waals surface area (Å²) in [5.41, 5.74) is 2.55. The highest BCUT2D eigenvalue weighted by Gasteiger charge is 2.12. The number of hydrogen-bond donors (Lipinski definition) is 1. The van der Waals surface area contributed by atoms with Crippen LogP contribution in [0.4, 0.5) is 0 Å². The third-order valence-corrected chi connectivity index (χ3v) is 3.66. The van der Waals surface area contributed by atoms with Crippen molar-refractivity contribution in [2.75, 3.05) is 6.54 Å². The van der Waals surface area contributed by atoms with E-state index in [-0.39, 0.29) is 0 Å². The summed E-state index contributed by atoms with van der Waals surface area (Å²) in [5, 5.41) is 3.68. The largest absolute Gasteiger partial charge is 0.310 e. The molecule has 0 spiro atoms. The van der Waals surface area contributed by atoms with Crippen LogP contribution in [0, 0.1) is 6.92 Å². The van der Waals surface area contributed by atoms with E-state index in [1.54, 1.807) is 0 Å². The van der Waals surface area contributed by atoms with E-state index in [1.165, 1.54) is 56.2 Å². The van der Waals surface area contributed by atoms with Crippen LogP contribution < -0.4 is 5.32 Å². The van der Waals surface area contributed by atoms with Crippen LogP contribution in [0.25, 0.3) is 0 Å². The number of nitrogens with one attached hydrogen (secondary N) is 1. The van der Waals surface area contributed by atoms with Gasteiger partial charge in [-0.2, -0.15) is 0 Å². The summed E-state index contributed by atoms with van der Waals surface area (Å²) < 4.78 is 0. The molecule has 19 heavy (non-hydrogen) atoms. The summed E-state index contributed by atoms with van der Waals surface area (Å²) in [5.74, 6) is 0. The SMILES string of the molecule is CCCCCCCC(NCCC)c1cccnc1C. The first-order valence-electron chi connectivity index (χ1n) is 7.94. The minimum atomic E-state index is 0.482. The lowest BCUT2D eigenvalue weighted by Crippen LogP contribution is -2.23. The van der Waals surface area contributed by atoms with Crippen molar-refractivity contribution >= 4 is 0 Å². The van der Waals surface area contributed by atoms with Crippen LogP contribution in [0.1, 0.15) is 76.1 Å². The van der Waals surface area contributed by atoms with E-state index in [0.29, 0.717) is 6.04 Å². The second kappa shape index (κ2) is 9.96. The van der Waals surface area contributed by atoms with Crippen molar-refractivity contribution in [3.05, 3.63) is 29.6 Å². The smallest absolute Gasteiger partial charge is 0.0420 e. The second-order valence-electron chi connectivity index (χ2n) is 5.39. The van der Waals surface area contributed by atoms with Crippen molar-refractivity contribution in [2.24, 2.45) is 0 Å². The molecule has 0 amide bonds. The van der Waals surface area contributed by atoms with E-state index in [1.807, 2.05) is 6.20 Å². The van der Waals surface area contributed by atoms with Crippen molar-refractivity contribution in [3.63, 3.8) is 0 Å². The van der Waals surface area contributed by atoms with Gasteiger partial charge in [0, 0.05) is 17.9 Å². The first kappa shape index (κ1) is 16.2. The molecule has 1 heterocycles. The van der Waals surface area contributed by atoms with Crippen LogP contribution in [-0.4, -0.2) is 11.5 Å². The normalized spacial score (nSPS) is 12.6. The summed E-state index contributed by atoms with van der Waals surface area (Å²) >= 11 is 0. The monoisotopic (exact) mass is 262 g/mol. The number of unbranched alkanes of at least 4 members (excludes halogenated alkanes) is 4. The van der Waals surface area contributed by atoms with Gasteiger partial charge in [0.1, 0.15) is 0 Å². The Bertz CT molecular complexity index is 336. The molecule has 1 N–H and O–H groups in total. The summed E-state index contributed by atoms with van der Waals surface area (Å²) in [6.45, 7) is 7.70. The molecular formula is C17H30N2. The van der Waals surface area contributed by atoms with Gasteiger partial charge in [-0.3, -0.25) is 4.98 Å². The molecule has 0 aromatic carbocycles. The molecule has 0 saturated carbocycles. The van der Waals surface area contributed by atoms with Gasteiger partial charge in [-0.1, -0.05) is 52.0 Å². The van der Waals surface area contributed by atoms with Gasteiger partial charge < -0.3 is 5.32 Å². The maximum Gasteiger partial charge on any atom is 0.0420 e. The Morgan fingerprint density at radius 3 is 2.58 bits per heavy atom. The highest BCUT2D eigenvalue weighted by molar-refractivity contribution is 5.22. The van der Waals surface area contributed by atoms with Crippen molar-refractivity contribution in [2.45, 2.75) is 71.8 Å². The van der Waals surface area contributed by atoms with Gasteiger partial charge in [-0.25, -0.2) is 0 Å². The summed E-state index contributed by atoms with van der Waals surface area (Å²) in [6, 6.07) is 4.76. The number of aryl methyl sites for hydroxylation is 1. The zero-order valence-corrected chi connectivity index (χ0v) is 12.9. The molecule has 1 unspecified atom stereocenters. The lowest BCUT2D eigenvalue weighted by molar-refractivity contribution is 0.465. The van der Waals surface area contributed by atoms with Crippen molar-refractivity contribution in [1.82, 2.24) is 10.3 Å². The van der Waals surface area contributed by atoms with E-state index in [2.05, 4.69) is 43.2 Å². The average Bonchev–Trinajstić information content (AvgIpc) is 2.43. The van der Waals surface area contributed by atoms with E-state index < -0.39 is 0 Å². The molecule has 108 valence electrons. The topological polar surface area (TPSA) is 24.9 Å². The summed E-state index contributed by atoms with van der Waals surface area (Å²) in [4.78, 5) is 4.43. The number of rotatable bonds is 10. The molecule has 1 atom stereocenters. The Balaban J connectivity index is 2.49. The van der Waals surface area contributed by atoms with Gasteiger partial charge in [0.15, 0.2) is 0 Å². The number of aromatic nitrogens is 1. The van der Waals surface area contributed by atoms with Gasteiger partial charge in [0.2, 0.25) is 0 Å². The number of nitrogens with zero attached hydrogens (tertiary/aromatic N) is 1. The van der Waals surface area contributed by atoms with Crippen LogP contribution in [0.5, 0.6) is 0 Å². The first-order valence-corrected chi connectivity index (χ1v) is 7.94. The third kappa shape index (κ3) is 6.20. The lowest BCUT2D eigenvalue weighted by atomic mass is 9.98. The zero-order valence-electron chi connectivity index (χ0n) is 12.9. The molecular weight excluding hydrogens is 232 g/mol. The maximum atomic E-state index is 4.43. The molecule has 1 aromatic heterocycles. The fourth-order valence-electron chi connectivity index (χ4n) is 2.50. The quantitative estimate of drug-likeness (QED) is 0.613. The number of pyridine rings is 1. The van der Waals surface area contributed by atoms with Gasteiger partial charge in [-0.15, -0.1) is 0 Å². The average molecular weight is 262 g/mol. The molecule has 0 saturated heterocycles. The minimum Gasteiger partial charge on any atom is -0.310 e. The predicted octanol–water partition coefficient (Wildman–Crippen LogP) is 4.79. The maximum absolute atomic E-state index is 4.43. The molecule has 0 aliphatic rings. The van der Waals surface area contributed by atoms with Crippen LogP contribution >= 0.6 is 0 Å². The van der Waals surface area contributed by atoms with Gasteiger partial charge in [-0.05, 0) is 37.9 Å². The fourth-order valence-corrected chi connectivity index (χ4v) is 2.50. The lowest BCUT2D eigenvalue weighted by Gasteiger charge is -2.20. The molecule has 0 bridgehead atoms. The highest BCUT2D eigenvalue weighted by Crippen LogP contribution is 2.22. The van der Waals surface area contributed by atoms with E-state index >= 15 is 0 Å². The molecule has 2 heteroatoms. The van der Waals surface area contributed by atoms with Gasteiger partial charge in [0.05, 0.1) is 0 Å². The Hall–Kier alpha value is -0.890. The van der Waals surface area contributed by atoms with Crippen molar-refractivity contribution in [1.29, 1.82) is 0 Å². The van der Waals surface area contributed by atoms with Crippen molar-refractivity contribution < 1.29 is 0 Å². The summed E-state index contributed by atoms with van der Waals surface area (Å²) in [6.07, 6.45) is 11.0. The molecule has 0 aliphatic heterocycles. The zero-order chi connectivity index (χ0) is 13.9. The Labute approximate surface area is 119 Å². The predicted molar refractivity (Wildman–Crippen MR) is 83.4 cm³/mol. The van der Waals surface area contributed by atoms with Crippen molar-refractivity contribution in [3.8, 4) is 0 Å². The van der Waals surface area contributed by atoms with E-state index in [0.717, 1.165) is 6.54 Å². The molecule has 0 aliphatic carbocycles. The Kier molecular flexibility index (Phi) is 8.48. The van der Waals surface area contributed by atoms with E-state index in [4.69, 9.17) is 0 Å². The Morgan fingerprint density at radius 2 is 1.89 bits per heavy atom. The van der Waals surface area contributed by atoms with Crippen LogP contribution in [-0.2, 0) is 0 Å². The summed E-state index contributed by atoms with van der Waals surface area (Å²) in [7, 11) is 0. The molecule has 1 rings (SSSR count). The molecule has 0 radical (unpaired) electrons. The second-order valence-corrected chi connectivity index (χ2v) is 5.39. The van der Waals surface area contributed by atoms with Crippen LogP contribution in [0.2, 0.25) is 0 Å². The minimum absolute atomic E-state index is 0.482. The third-order valence-electron chi connectivity index (χ3n) is 3.66. The molecule has 1 aromatic rings. The van der Waals surface area contributed by atoms with E-state index in [9.17, 15) is 0 Å². The Morgan fingerprint density at radius 1 is 1.11 bits per heavy atom. The molecule has 2 nitrogen and oxygen atoms in total. The van der Waals surface area contributed by atoms with Gasteiger partial charge in [0.25, 0.3) is 0 Å².